The molecule has 0 bridgehead atoms. The van der Waals surface area contributed by atoms with E-state index in [2.05, 4.69) is 39.7 Å². The second-order valence-corrected chi connectivity index (χ2v) is 8.87. The van der Waals surface area contributed by atoms with E-state index in [4.69, 9.17) is 21.6 Å². The van der Waals surface area contributed by atoms with Gasteiger partial charge in [0.05, 0.1) is 6.20 Å². The number of nitriles is 1. The number of carbonyl (C=O) groups excluding carboxylic acids is 1. The standard InChI is InChI=1S/C25H26ClN5O2/c1-16-19(14-28-23-29-15-20(12-27)22(26)31-23)9-6-10-21(16)18-8-5-7-17(11-18)13-30-24(32)33-25(2,3)4/h5-11,15H,13-14H2,1-4H3,(H,30,32)(H,28,29,31). The lowest BCUT2D eigenvalue weighted by Gasteiger charge is -2.19. The molecule has 1 amide bonds. The van der Waals surface area contributed by atoms with Gasteiger partial charge in [-0.2, -0.15) is 10.2 Å². The topological polar surface area (TPSA) is 99.9 Å². The normalized spacial score (nSPS) is 10.9. The van der Waals surface area contributed by atoms with Crippen molar-refractivity contribution in [2.45, 2.75) is 46.4 Å². The van der Waals surface area contributed by atoms with Crippen LogP contribution in [0.25, 0.3) is 11.1 Å². The van der Waals surface area contributed by atoms with Gasteiger partial charge in [0.15, 0.2) is 5.15 Å². The number of benzene rings is 2. The summed E-state index contributed by atoms with van der Waals surface area (Å²) >= 11 is 5.99. The Morgan fingerprint density at radius 2 is 1.94 bits per heavy atom. The molecular weight excluding hydrogens is 438 g/mol. The van der Waals surface area contributed by atoms with E-state index in [1.165, 1.54) is 6.20 Å². The first-order valence-electron chi connectivity index (χ1n) is 10.5. The zero-order valence-electron chi connectivity index (χ0n) is 19.1. The van der Waals surface area contributed by atoms with E-state index in [9.17, 15) is 4.79 Å². The van der Waals surface area contributed by atoms with Gasteiger partial charge in [0.2, 0.25) is 5.95 Å². The molecule has 2 N–H and O–H groups in total. The van der Waals surface area contributed by atoms with Crippen LogP contribution in [0.5, 0.6) is 0 Å². The Kier molecular flexibility index (Phi) is 7.52. The molecule has 3 aromatic rings. The molecule has 0 radical (unpaired) electrons. The molecule has 0 aliphatic rings. The molecule has 0 atom stereocenters. The predicted molar refractivity (Wildman–Crippen MR) is 129 cm³/mol. The number of carbonyl (C=O) groups is 1. The van der Waals surface area contributed by atoms with Crippen LogP contribution in [0, 0.1) is 18.3 Å². The maximum absolute atomic E-state index is 12.0. The van der Waals surface area contributed by atoms with Crippen molar-refractivity contribution >= 4 is 23.6 Å². The van der Waals surface area contributed by atoms with E-state index in [1.54, 1.807) is 0 Å². The minimum atomic E-state index is -0.536. The third-order valence-electron chi connectivity index (χ3n) is 4.82. The summed E-state index contributed by atoms with van der Waals surface area (Å²) in [7, 11) is 0. The molecule has 0 aliphatic carbocycles. The van der Waals surface area contributed by atoms with Crippen LogP contribution in [0.4, 0.5) is 10.7 Å². The number of nitrogens with zero attached hydrogens (tertiary/aromatic N) is 3. The van der Waals surface area contributed by atoms with Crippen molar-refractivity contribution in [2.24, 2.45) is 0 Å². The van der Waals surface area contributed by atoms with E-state index >= 15 is 0 Å². The summed E-state index contributed by atoms with van der Waals surface area (Å²) in [5.41, 5.74) is 5.01. The molecule has 0 spiro atoms. The van der Waals surface area contributed by atoms with Crippen LogP contribution in [-0.2, 0) is 17.8 Å². The molecule has 0 fully saturated rings. The molecule has 0 unspecified atom stereocenters. The number of amides is 1. The highest BCUT2D eigenvalue weighted by Gasteiger charge is 2.16. The fourth-order valence-corrected chi connectivity index (χ4v) is 3.39. The lowest BCUT2D eigenvalue weighted by molar-refractivity contribution is 0.0523. The van der Waals surface area contributed by atoms with Gasteiger partial charge in [-0.3, -0.25) is 0 Å². The Hall–Kier alpha value is -3.63. The first-order chi connectivity index (χ1) is 15.7. The van der Waals surface area contributed by atoms with E-state index < -0.39 is 11.7 Å². The number of aromatic nitrogens is 2. The lowest BCUT2D eigenvalue weighted by atomic mass is 9.95. The summed E-state index contributed by atoms with van der Waals surface area (Å²) in [6, 6.07) is 16.1. The number of alkyl carbamates (subject to hydrolysis) is 1. The van der Waals surface area contributed by atoms with Crippen LogP contribution in [-0.4, -0.2) is 21.7 Å². The average molecular weight is 464 g/mol. The average Bonchev–Trinajstić information content (AvgIpc) is 2.76. The van der Waals surface area contributed by atoms with Gasteiger partial charge in [-0.05, 0) is 61.6 Å². The number of hydrogen-bond donors (Lipinski definition) is 2. The maximum atomic E-state index is 12.0. The van der Waals surface area contributed by atoms with E-state index in [-0.39, 0.29) is 10.7 Å². The number of nitrogens with one attached hydrogen (secondary N) is 2. The molecule has 33 heavy (non-hydrogen) atoms. The summed E-state index contributed by atoms with van der Waals surface area (Å²) in [6.07, 6.45) is 0.958. The Morgan fingerprint density at radius 3 is 2.64 bits per heavy atom. The number of anilines is 1. The van der Waals surface area contributed by atoms with Crippen LogP contribution < -0.4 is 10.6 Å². The van der Waals surface area contributed by atoms with Crippen molar-refractivity contribution in [3.8, 4) is 17.2 Å². The highest BCUT2D eigenvalue weighted by Crippen LogP contribution is 2.27. The Labute approximate surface area is 198 Å². The maximum Gasteiger partial charge on any atom is 0.407 e. The van der Waals surface area contributed by atoms with Crippen LogP contribution in [0.2, 0.25) is 5.15 Å². The van der Waals surface area contributed by atoms with E-state index in [0.717, 1.165) is 27.8 Å². The second-order valence-electron chi connectivity index (χ2n) is 8.51. The summed E-state index contributed by atoms with van der Waals surface area (Å²) in [4.78, 5) is 20.2. The highest BCUT2D eigenvalue weighted by atomic mass is 35.5. The molecule has 2 aromatic carbocycles. The Balaban J connectivity index is 1.72. The molecule has 0 aliphatic heterocycles. The lowest BCUT2D eigenvalue weighted by Crippen LogP contribution is -2.32. The molecule has 170 valence electrons. The van der Waals surface area contributed by atoms with Crippen molar-refractivity contribution < 1.29 is 9.53 Å². The van der Waals surface area contributed by atoms with Crippen molar-refractivity contribution in [1.82, 2.24) is 15.3 Å². The van der Waals surface area contributed by atoms with Crippen LogP contribution >= 0.6 is 11.6 Å². The fourth-order valence-electron chi connectivity index (χ4n) is 3.22. The third-order valence-corrected chi connectivity index (χ3v) is 5.11. The van der Waals surface area contributed by atoms with Crippen molar-refractivity contribution in [3.05, 3.63) is 76.1 Å². The van der Waals surface area contributed by atoms with Gasteiger partial charge in [-0.15, -0.1) is 0 Å². The summed E-state index contributed by atoms with van der Waals surface area (Å²) < 4.78 is 5.30. The van der Waals surface area contributed by atoms with Gasteiger partial charge in [0, 0.05) is 13.1 Å². The molecule has 8 heteroatoms. The third kappa shape index (κ3) is 6.67. The molecule has 7 nitrogen and oxygen atoms in total. The van der Waals surface area contributed by atoms with Crippen molar-refractivity contribution in [3.63, 3.8) is 0 Å². The summed E-state index contributed by atoms with van der Waals surface area (Å²) in [5, 5.41) is 15.0. The molecule has 1 heterocycles. The monoisotopic (exact) mass is 463 g/mol. The number of halogens is 1. The zero-order chi connectivity index (χ0) is 24.0. The quantitative estimate of drug-likeness (QED) is 0.460. The predicted octanol–water partition coefficient (Wildman–Crippen LogP) is 5.61. The summed E-state index contributed by atoms with van der Waals surface area (Å²) in [5.74, 6) is 0.360. The number of hydrogen-bond acceptors (Lipinski definition) is 6. The van der Waals surface area contributed by atoms with Gasteiger partial charge < -0.3 is 15.4 Å². The smallest absolute Gasteiger partial charge is 0.407 e. The van der Waals surface area contributed by atoms with Crippen LogP contribution in [0.15, 0.2) is 48.7 Å². The van der Waals surface area contributed by atoms with E-state index in [1.807, 2.05) is 57.2 Å². The fraction of sp³-hybridized carbons (Fsp3) is 0.280. The SMILES string of the molecule is Cc1c(CNc2ncc(C#N)c(Cl)n2)cccc1-c1cccc(CNC(=O)OC(C)(C)C)c1. The Morgan fingerprint density at radius 1 is 1.18 bits per heavy atom. The second kappa shape index (κ2) is 10.3. The largest absolute Gasteiger partial charge is 0.444 e. The van der Waals surface area contributed by atoms with Crippen molar-refractivity contribution in [2.75, 3.05) is 5.32 Å². The Bertz CT molecular complexity index is 1200. The number of rotatable bonds is 6. The highest BCUT2D eigenvalue weighted by molar-refractivity contribution is 6.30. The summed E-state index contributed by atoms with van der Waals surface area (Å²) in [6.45, 7) is 8.44. The van der Waals surface area contributed by atoms with Gasteiger partial charge in [0.1, 0.15) is 17.2 Å². The first kappa shape index (κ1) is 24.0. The zero-order valence-corrected chi connectivity index (χ0v) is 19.8. The molecule has 0 saturated carbocycles. The van der Waals surface area contributed by atoms with Crippen LogP contribution in [0.3, 0.4) is 0 Å². The van der Waals surface area contributed by atoms with Gasteiger partial charge in [-0.1, -0.05) is 48.0 Å². The van der Waals surface area contributed by atoms with Crippen LogP contribution in [0.1, 0.15) is 43.0 Å². The van der Waals surface area contributed by atoms with Gasteiger partial charge in [-0.25, -0.2) is 9.78 Å². The van der Waals surface area contributed by atoms with Gasteiger partial charge in [0.25, 0.3) is 0 Å². The van der Waals surface area contributed by atoms with Crippen molar-refractivity contribution in [1.29, 1.82) is 5.26 Å². The molecule has 3 rings (SSSR count). The van der Waals surface area contributed by atoms with E-state index in [0.29, 0.717) is 19.0 Å². The molecular formula is C25H26ClN5O2. The minimum absolute atomic E-state index is 0.122. The molecule has 1 aromatic heterocycles. The number of ether oxygens (including phenoxy) is 1. The van der Waals surface area contributed by atoms with Gasteiger partial charge >= 0.3 is 6.09 Å². The minimum Gasteiger partial charge on any atom is -0.444 e. The first-order valence-corrected chi connectivity index (χ1v) is 10.9. The molecule has 0 saturated heterocycles.